The van der Waals surface area contributed by atoms with Crippen LogP contribution in [-0.4, -0.2) is 18.3 Å². The summed E-state index contributed by atoms with van der Waals surface area (Å²) < 4.78 is 37.8. The highest BCUT2D eigenvalue weighted by Crippen LogP contribution is 2.37. The van der Waals surface area contributed by atoms with Crippen molar-refractivity contribution < 1.29 is 13.2 Å². The van der Waals surface area contributed by atoms with Gasteiger partial charge in [-0.25, -0.2) is 0 Å². The fourth-order valence-corrected chi connectivity index (χ4v) is 3.96. The lowest BCUT2D eigenvalue weighted by atomic mass is 9.85. The number of hydrogen-bond acceptors (Lipinski definition) is 2. The van der Waals surface area contributed by atoms with E-state index in [1.165, 1.54) is 9.75 Å². The van der Waals surface area contributed by atoms with Gasteiger partial charge in [-0.2, -0.15) is 13.2 Å². The summed E-state index contributed by atoms with van der Waals surface area (Å²) in [6.07, 6.45) is -1.24. The lowest BCUT2D eigenvalue weighted by Gasteiger charge is -2.32. The first-order chi connectivity index (χ1) is 9.34. The van der Waals surface area contributed by atoms with Gasteiger partial charge in [-0.1, -0.05) is 0 Å². The summed E-state index contributed by atoms with van der Waals surface area (Å²) >= 11 is 1.79. The number of nitrogens with one attached hydrogen (secondary N) is 1. The van der Waals surface area contributed by atoms with Crippen molar-refractivity contribution in [3.05, 3.63) is 21.9 Å². The van der Waals surface area contributed by atoms with Gasteiger partial charge >= 0.3 is 6.18 Å². The Morgan fingerprint density at radius 1 is 1.25 bits per heavy atom. The van der Waals surface area contributed by atoms with Crippen LogP contribution in [0.1, 0.15) is 42.4 Å². The SMILES string of the molecule is Cc1ccc(CC(C)NC2CCC(C(F)(F)F)CC2)s1. The van der Waals surface area contributed by atoms with Crippen molar-refractivity contribution in [1.29, 1.82) is 0 Å². The van der Waals surface area contributed by atoms with E-state index in [9.17, 15) is 13.2 Å². The zero-order valence-corrected chi connectivity index (χ0v) is 12.8. The van der Waals surface area contributed by atoms with E-state index in [0.29, 0.717) is 18.9 Å². The molecule has 20 heavy (non-hydrogen) atoms. The minimum atomic E-state index is -4.01. The molecular formula is C15H22F3NS. The molecule has 1 unspecified atom stereocenters. The molecule has 1 heterocycles. The maximum atomic E-state index is 12.6. The number of aryl methyl sites for hydroxylation is 1. The van der Waals surface area contributed by atoms with Crippen LogP contribution in [0.25, 0.3) is 0 Å². The summed E-state index contributed by atoms with van der Waals surface area (Å²) in [7, 11) is 0. The van der Waals surface area contributed by atoms with E-state index in [0.717, 1.165) is 6.42 Å². The van der Waals surface area contributed by atoms with Crippen molar-refractivity contribution in [2.24, 2.45) is 5.92 Å². The van der Waals surface area contributed by atoms with Crippen molar-refractivity contribution in [2.75, 3.05) is 0 Å². The van der Waals surface area contributed by atoms with Crippen LogP contribution in [0.5, 0.6) is 0 Å². The number of hydrogen-bond donors (Lipinski definition) is 1. The Hall–Kier alpha value is -0.550. The van der Waals surface area contributed by atoms with E-state index >= 15 is 0 Å². The van der Waals surface area contributed by atoms with Crippen LogP contribution in [0.3, 0.4) is 0 Å². The molecule has 1 N–H and O–H groups in total. The molecule has 1 nitrogen and oxygen atoms in total. The van der Waals surface area contributed by atoms with Crippen LogP contribution in [0.2, 0.25) is 0 Å². The maximum Gasteiger partial charge on any atom is 0.391 e. The van der Waals surface area contributed by atoms with E-state index < -0.39 is 12.1 Å². The molecule has 1 fully saturated rings. The summed E-state index contributed by atoms with van der Waals surface area (Å²) in [5, 5.41) is 3.49. The third-order valence-electron chi connectivity index (χ3n) is 4.01. The summed E-state index contributed by atoms with van der Waals surface area (Å²) in [5.41, 5.74) is 0. The van der Waals surface area contributed by atoms with E-state index in [-0.39, 0.29) is 18.9 Å². The van der Waals surface area contributed by atoms with Crippen LogP contribution < -0.4 is 5.32 Å². The molecule has 0 bridgehead atoms. The topological polar surface area (TPSA) is 12.0 Å². The molecular weight excluding hydrogens is 283 g/mol. The molecule has 0 spiro atoms. The second kappa shape index (κ2) is 6.48. The standard InChI is InChI=1S/C15H22F3NS/c1-10(9-14-8-3-11(2)20-14)19-13-6-4-12(5-7-13)15(16,17)18/h3,8,10,12-13,19H,4-7,9H2,1-2H3. The first kappa shape index (κ1) is 15.8. The lowest BCUT2D eigenvalue weighted by Crippen LogP contribution is -2.41. The van der Waals surface area contributed by atoms with Crippen molar-refractivity contribution >= 4 is 11.3 Å². The third kappa shape index (κ3) is 4.48. The Kier molecular flexibility index (Phi) is 5.13. The van der Waals surface area contributed by atoms with Crippen LogP contribution in [-0.2, 0) is 6.42 Å². The molecule has 1 aromatic heterocycles. The highest BCUT2D eigenvalue weighted by atomic mass is 32.1. The van der Waals surface area contributed by atoms with Crippen LogP contribution >= 0.6 is 11.3 Å². The summed E-state index contributed by atoms with van der Waals surface area (Å²) in [4.78, 5) is 2.64. The molecule has 0 radical (unpaired) electrons. The zero-order chi connectivity index (χ0) is 14.8. The number of halogens is 3. The third-order valence-corrected chi connectivity index (χ3v) is 5.04. The Balaban J connectivity index is 1.75. The maximum absolute atomic E-state index is 12.6. The Bertz CT molecular complexity index is 419. The zero-order valence-electron chi connectivity index (χ0n) is 12.0. The fourth-order valence-electron chi connectivity index (χ4n) is 2.95. The van der Waals surface area contributed by atoms with Crippen LogP contribution in [0.15, 0.2) is 12.1 Å². The molecule has 1 aliphatic rings. The predicted molar refractivity (Wildman–Crippen MR) is 77.2 cm³/mol. The first-order valence-corrected chi connectivity index (χ1v) is 8.04. The Labute approximate surface area is 122 Å². The number of rotatable bonds is 4. The van der Waals surface area contributed by atoms with Gasteiger partial charge in [-0.15, -0.1) is 11.3 Å². The molecule has 1 atom stereocenters. The summed E-state index contributed by atoms with van der Waals surface area (Å²) in [5.74, 6) is -1.09. The number of alkyl halides is 3. The largest absolute Gasteiger partial charge is 0.391 e. The quantitative estimate of drug-likeness (QED) is 0.850. The molecule has 5 heteroatoms. The van der Waals surface area contributed by atoms with Gasteiger partial charge in [0.15, 0.2) is 0 Å². The molecule has 0 saturated heterocycles. The molecule has 1 saturated carbocycles. The van der Waals surface area contributed by atoms with E-state index in [1.54, 1.807) is 11.3 Å². The van der Waals surface area contributed by atoms with Gasteiger partial charge < -0.3 is 5.32 Å². The van der Waals surface area contributed by atoms with E-state index in [4.69, 9.17) is 0 Å². The van der Waals surface area contributed by atoms with Crippen LogP contribution in [0, 0.1) is 12.8 Å². The minimum Gasteiger partial charge on any atom is -0.311 e. The van der Waals surface area contributed by atoms with Gasteiger partial charge in [0.2, 0.25) is 0 Å². The highest BCUT2D eigenvalue weighted by Gasteiger charge is 2.41. The molecule has 0 aromatic carbocycles. The van der Waals surface area contributed by atoms with Gasteiger partial charge in [-0.05, 0) is 58.1 Å². The minimum absolute atomic E-state index is 0.240. The van der Waals surface area contributed by atoms with E-state index in [1.807, 2.05) is 0 Å². The Morgan fingerprint density at radius 2 is 1.90 bits per heavy atom. The second-order valence-electron chi connectivity index (χ2n) is 5.87. The van der Waals surface area contributed by atoms with Gasteiger partial charge in [-0.3, -0.25) is 0 Å². The van der Waals surface area contributed by atoms with Crippen molar-refractivity contribution in [3.8, 4) is 0 Å². The van der Waals surface area contributed by atoms with Crippen molar-refractivity contribution in [1.82, 2.24) is 5.32 Å². The predicted octanol–water partition coefficient (Wildman–Crippen LogP) is 4.70. The average Bonchev–Trinajstić information content (AvgIpc) is 2.74. The smallest absolute Gasteiger partial charge is 0.311 e. The number of thiophene rings is 1. The van der Waals surface area contributed by atoms with Gasteiger partial charge in [0.1, 0.15) is 0 Å². The fraction of sp³-hybridized carbons (Fsp3) is 0.733. The van der Waals surface area contributed by atoms with Gasteiger partial charge in [0.05, 0.1) is 5.92 Å². The molecule has 114 valence electrons. The molecule has 1 aromatic rings. The molecule has 1 aliphatic carbocycles. The Morgan fingerprint density at radius 3 is 2.40 bits per heavy atom. The lowest BCUT2D eigenvalue weighted by molar-refractivity contribution is -0.182. The molecule has 0 aliphatic heterocycles. The van der Waals surface area contributed by atoms with Crippen LogP contribution in [0.4, 0.5) is 13.2 Å². The second-order valence-corrected chi connectivity index (χ2v) is 7.25. The summed E-state index contributed by atoms with van der Waals surface area (Å²) in [6, 6.07) is 4.81. The van der Waals surface area contributed by atoms with Crippen molar-refractivity contribution in [3.63, 3.8) is 0 Å². The summed E-state index contributed by atoms with van der Waals surface area (Å²) in [6.45, 7) is 4.20. The van der Waals surface area contributed by atoms with Gasteiger partial charge in [0.25, 0.3) is 0 Å². The van der Waals surface area contributed by atoms with Gasteiger partial charge in [0, 0.05) is 21.8 Å². The average molecular weight is 305 g/mol. The molecule has 2 rings (SSSR count). The van der Waals surface area contributed by atoms with Crippen molar-refractivity contribution in [2.45, 2.75) is 64.2 Å². The van der Waals surface area contributed by atoms with E-state index in [2.05, 4.69) is 31.3 Å². The first-order valence-electron chi connectivity index (χ1n) is 7.22. The normalized spacial score (nSPS) is 25.6. The molecule has 0 amide bonds. The highest BCUT2D eigenvalue weighted by molar-refractivity contribution is 7.11. The monoisotopic (exact) mass is 305 g/mol.